The average molecular weight is 254 g/mol. The Morgan fingerprint density at radius 1 is 1.16 bits per heavy atom. The molecule has 0 aliphatic rings. The molecule has 4 nitrogen and oxygen atoms in total. The summed E-state index contributed by atoms with van der Waals surface area (Å²) in [6.45, 7) is 0. The fourth-order valence-corrected chi connectivity index (χ4v) is 2.03. The molecule has 19 heavy (non-hydrogen) atoms. The largest absolute Gasteiger partial charge is 0.497 e. The van der Waals surface area contributed by atoms with E-state index in [4.69, 9.17) is 9.15 Å². The molecule has 3 rings (SSSR count). The predicted octanol–water partition coefficient (Wildman–Crippen LogP) is 3.55. The van der Waals surface area contributed by atoms with Crippen molar-refractivity contribution in [2.24, 2.45) is 0 Å². The second-order valence-corrected chi connectivity index (χ2v) is 4.15. The third-order valence-corrected chi connectivity index (χ3v) is 3.02. The van der Waals surface area contributed by atoms with Crippen molar-refractivity contribution < 1.29 is 9.15 Å². The highest BCUT2D eigenvalue weighted by Gasteiger charge is 2.11. The monoisotopic (exact) mass is 254 g/mol. The maximum atomic E-state index is 5.81. The van der Waals surface area contributed by atoms with E-state index < -0.39 is 0 Å². The zero-order chi connectivity index (χ0) is 13.2. The van der Waals surface area contributed by atoms with Crippen LogP contribution < -0.4 is 10.1 Å². The third-order valence-electron chi connectivity index (χ3n) is 3.02. The number of oxazole rings is 1. The highest BCUT2D eigenvalue weighted by Crippen LogP contribution is 2.31. The van der Waals surface area contributed by atoms with Crippen LogP contribution in [0, 0.1) is 0 Å². The van der Waals surface area contributed by atoms with E-state index >= 15 is 0 Å². The average Bonchev–Trinajstić information content (AvgIpc) is 2.89. The summed E-state index contributed by atoms with van der Waals surface area (Å²) in [5.74, 6) is 1.37. The maximum absolute atomic E-state index is 5.81. The van der Waals surface area contributed by atoms with E-state index in [2.05, 4.69) is 10.3 Å². The first-order valence-electron chi connectivity index (χ1n) is 6.03. The summed E-state index contributed by atoms with van der Waals surface area (Å²) < 4.78 is 11.0. The molecule has 96 valence electrons. The molecule has 3 aromatic rings. The summed E-state index contributed by atoms with van der Waals surface area (Å²) >= 11 is 0. The van der Waals surface area contributed by atoms with Gasteiger partial charge in [0.15, 0.2) is 5.58 Å². The number of aromatic nitrogens is 1. The van der Waals surface area contributed by atoms with Gasteiger partial charge in [-0.2, -0.15) is 0 Å². The number of ether oxygens (including phenoxy) is 1. The molecular weight excluding hydrogens is 240 g/mol. The molecule has 0 atom stereocenters. The standard InChI is InChI=1S/C15H14N2O2/c1-16-12-6-4-3-5-11(12)15-17-13-8-7-10(18-2)9-14(13)19-15/h3-9,16H,1-2H3. The van der Waals surface area contributed by atoms with Gasteiger partial charge in [-0.15, -0.1) is 0 Å². The van der Waals surface area contributed by atoms with E-state index in [1.165, 1.54) is 0 Å². The molecule has 4 heteroatoms. The van der Waals surface area contributed by atoms with Crippen LogP contribution in [0.15, 0.2) is 46.9 Å². The molecule has 0 aliphatic carbocycles. The molecule has 0 unspecified atom stereocenters. The Morgan fingerprint density at radius 2 is 2.00 bits per heavy atom. The van der Waals surface area contributed by atoms with Crippen LogP contribution in [0.25, 0.3) is 22.6 Å². The molecular formula is C15H14N2O2. The fraction of sp³-hybridized carbons (Fsp3) is 0.133. The smallest absolute Gasteiger partial charge is 0.229 e. The molecule has 0 bridgehead atoms. The third kappa shape index (κ3) is 2.01. The molecule has 0 spiro atoms. The van der Waals surface area contributed by atoms with E-state index in [9.17, 15) is 0 Å². The number of fused-ring (bicyclic) bond motifs is 1. The first-order valence-corrected chi connectivity index (χ1v) is 6.03. The lowest BCUT2D eigenvalue weighted by atomic mass is 10.2. The van der Waals surface area contributed by atoms with Crippen molar-refractivity contribution in [2.45, 2.75) is 0 Å². The van der Waals surface area contributed by atoms with Gasteiger partial charge < -0.3 is 14.5 Å². The van der Waals surface area contributed by atoms with Crippen LogP contribution in [0.2, 0.25) is 0 Å². The number of benzene rings is 2. The molecule has 1 aromatic heterocycles. The van der Waals surface area contributed by atoms with Gasteiger partial charge in [-0.05, 0) is 24.3 Å². The van der Waals surface area contributed by atoms with Crippen LogP contribution >= 0.6 is 0 Å². The Morgan fingerprint density at radius 3 is 2.79 bits per heavy atom. The summed E-state index contributed by atoms with van der Waals surface area (Å²) in [7, 11) is 3.51. The van der Waals surface area contributed by atoms with Crippen molar-refractivity contribution in [3.05, 3.63) is 42.5 Å². The number of hydrogen-bond donors (Lipinski definition) is 1. The van der Waals surface area contributed by atoms with Crippen molar-refractivity contribution >= 4 is 16.8 Å². The molecule has 0 saturated carbocycles. The number of nitrogens with zero attached hydrogens (tertiary/aromatic N) is 1. The Bertz CT molecular complexity index is 719. The predicted molar refractivity (Wildman–Crippen MR) is 75.5 cm³/mol. The molecule has 1 heterocycles. The Labute approximate surface area is 111 Å². The summed E-state index contributed by atoms with van der Waals surface area (Å²) in [4.78, 5) is 4.50. The van der Waals surface area contributed by atoms with Crippen LogP contribution in [0.1, 0.15) is 0 Å². The zero-order valence-corrected chi connectivity index (χ0v) is 10.8. The van der Waals surface area contributed by atoms with E-state index in [0.717, 1.165) is 28.1 Å². The van der Waals surface area contributed by atoms with E-state index in [1.54, 1.807) is 7.11 Å². The van der Waals surface area contributed by atoms with E-state index in [-0.39, 0.29) is 0 Å². The molecule has 0 saturated heterocycles. The minimum atomic E-state index is 0.605. The quantitative estimate of drug-likeness (QED) is 0.776. The lowest BCUT2D eigenvalue weighted by Crippen LogP contribution is -1.91. The van der Waals surface area contributed by atoms with Gasteiger partial charge in [-0.3, -0.25) is 0 Å². The number of hydrogen-bond acceptors (Lipinski definition) is 4. The Hall–Kier alpha value is -2.49. The van der Waals surface area contributed by atoms with Crippen LogP contribution in [-0.2, 0) is 0 Å². The molecule has 1 N–H and O–H groups in total. The van der Waals surface area contributed by atoms with Crippen molar-refractivity contribution in [2.75, 3.05) is 19.5 Å². The van der Waals surface area contributed by atoms with Gasteiger partial charge >= 0.3 is 0 Å². The van der Waals surface area contributed by atoms with E-state index in [1.807, 2.05) is 49.5 Å². The van der Waals surface area contributed by atoms with E-state index in [0.29, 0.717) is 5.89 Å². The molecule has 0 radical (unpaired) electrons. The highest BCUT2D eigenvalue weighted by molar-refractivity contribution is 5.81. The number of nitrogens with one attached hydrogen (secondary N) is 1. The van der Waals surface area contributed by atoms with Crippen molar-refractivity contribution in [1.29, 1.82) is 0 Å². The van der Waals surface area contributed by atoms with Gasteiger partial charge in [0.05, 0.1) is 12.7 Å². The fourth-order valence-electron chi connectivity index (χ4n) is 2.03. The Kier molecular flexibility index (Phi) is 2.83. The summed E-state index contributed by atoms with van der Waals surface area (Å²) in [6.07, 6.45) is 0. The summed E-state index contributed by atoms with van der Waals surface area (Å²) in [5.41, 5.74) is 3.48. The van der Waals surface area contributed by atoms with Gasteiger partial charge in [0, 0.05) is 18.8 Å². The van der Waals surface area contributed by atoms with Gasteiger partial charge in [0.2, 0.25) is 5.89 Å². The van der Waals surface area contributed by atoms with Gasteiger partial charge in [0.1, 0.15) is 11.3 Å². The number of methoxy groups -OCH3 is 1. The molecule has 0 aliphatic heterocycles. The van der Waals surface area contributed by atoms with Crippen molar-refractivity contribution in [1.82, 2.24) is 4.98 Å². The highest BCUT2D eigenvalue weighted by atomic mass is 16.5. The van der Waals surface area contributed by atoms with Gasteiger partial charge in [-0.1, -0.05) is 12.1 Å². The summed E-state index contributed by atoms with van der Waals surface area (Å²) in [6, 6.07) is 13.5. The lowest BCUT2D eigenvalue weighted by molar-refractivity contribution is 0.414. The SMILES string of the molecule is CNc1ccccc1-c1nc2ccc(OC)cc2o1. The number of rotatable bonds is 3. The Balaban J connectivity index is 2.15. The second kappa shape index (κ2) is 4.65. The summed E-state index contributed by atoms with van der Waals surface area (Å²) in [5, 5.41) is 3.14. The first kappa shape index (κ1) is 11.6. The van der Waals surface area contributed by atoms with Crippen LogP contribution in [0.5, 0.6) is 5.75 Å². The molecule has 2 aromatic carbocycles. The van der Waals surface area contributed by atoms with Gasteiger partial charge in [0.25, 0.3) is 0 Å². The van der Waals surface area contributed by atoms with Crippen LogP contribution in [0.3, 0.4) is 0 Å². The number of anilines is 1. The topological polar surface area (TPSA) is 47.3 Å². The minimum Gasteiger partial charge on any atom is -0.497 e. The maximum Gasteiger partial charge on any atom is 0.229 e. The normalized spacial score (nSPS) is 10.6. The second-order valence-electron chi connectivity index (χ2n) is 4.15. The first-order chi connectivity index (χ1) is 9.31. The van der Waals surface area contributed by atoms with Crippen LogP contribution in [0.4, 0.5) is 5.69 Å². The molecule has 0 amide bonds. The minimum absolute atomic E-state index is 0.605. The number of para-hydroxylation sites is 1. The van der Waals surface area contributed by atoms with Crippen LogP contribution in [-0.4, -0.2) is 19.1 Å². The van der Waals surface area contributed by atoms with Crippen molar-refractivity contribution in [3.63, 3.8) is 0 Å². The lowest BCUT2D eigenvalue weighted by Gasteiger charge is -2.04. The van der Waals surface area contributed by atoms with Crippen molar-refractivity contribution in [3.8, 4) is 17.2 Å². The molecule has 0 fully saturated rings. The van der Waals surface area contributed by atoms with Gasteiger partial charge in [-0.25, -0.2) is 4.98 Å². The zero-order valence-electron chi connectivity index (χ0n) is 10.8.